The van der Waals surface area contributed by atoms with Crippen LogP contribution in [0.1, 0.15) is 0 Å². The molecule has 2 N–H and O–H groups in total. The molecule has 0 fully saturated rings. The molecule has 0 saturated heterocycles. The van der Waals surface area contributed by atoms with Crippen molar-refractivity contribution < 1.29 is 35.5 Å². The number of hydrogen-bond acceptors (Lipinski definition) is 7. The Morgan fingerprint density at radius 3 is 2.18 bits per heavy atom. The molecule has 2 heterocycles. The van der Waals surface area contributed by atoms with Gasteiger partial charge in [0, 0.05) is 37.3 Å². The molecular weight excluding hydrogens is 544 g/mol. The predicted molar refractivity (Wildman–Crippen MR) is 132 cm³/mol. The molecule has 0 radical (unpaired) electrons. The van der Waals surface area contributed by atoms with Crippen molar-refractivity contribution in [3.8, 4) is 16.9 Å². The van der Waals surface area contributed by atoms with E-state index >= 15 is 4.39 Å². The van der Waals surface area contributed by atoms with Crippen molar-refractivity contribution in [1.29, 1.82) is 0 Å². The van der Waals surface area contributed by atoms with Crippen molar-refractivity contribution in [2.45, 2.75) is 4.90 Å². The summed E-state index contributed by atoms with van der Waals surface area (Å²) in [6, 6.07) is 6.16. The van der Waals surface area contributed by atoms with Gasteiger partial charge in [-0.25, -0.2) is 55.3 Å². The smallest absolute Gasteiger partial charge is 0.327 e. The maximum absolute atomic E-state index is 15.2. The topological polar surface area (TPSA) is 126 Å². The van der Waals surface area contributed by atoms with Crippen LogP contribution in [0.25, 0.3) is 11.1 Å². The van der Waals surface area contributed by atoms with Gasteiger partial charge < -0.3 is 10.1 Å². The Morgan fingerprint density at radius 1 is 0.949 bits per heavy atom. The Balaban J connectivity index is 1.75. The number of urea groups is 1. The van der Waals surface area contributed by atoms with Gasteiger partial charge in [-0.05, 0) is 42.0 Å². The van der Waals surface area contributed by atoms with E-state index in [1.807, 2.05) is 0 Å². The summed E-state index contributed by atoms with van der Waals surface area (Å²) in [5, 5.41) is 2.36. The molecule has 0 aliphatic rings. The van der Waals surface area contributed by atoms with Crippen LogP contribution in [0, 0.1) is 23.3 Å². The second-order valence-corrected chi connectivity index (χ2v) is 9.36. The number of sulfonamides is 1. The van der Waals surface area contributed by atoms with E-state index in [4.69, 9.17) is 4.74 Å². The average molecular weight is 563 g/mol. The Kier molecular flexibility index (Phi) is 7.62. The molecule has 2 amide bonds. The number of amides is 2. The maximum Gasteiger partial charge on any atom is 0.327 e. The number of benzene rings is 2. The van der Waals surface area contributed by atoms with Crippen LogP contribution in [0.2, 0.25) is 0 Å². The standard InChI is InChI=1S/C24H18F4N6O4S/c1-29-24(35)34(21-5-4-14(12-32-21)39(36,37)33-23-30-6-3-7-31-23)19-11-16(25)15(10-20(19)38-2)13-8-17(26)22(28)18(27)9-13/h3-12H,1-2H3,(H,29,35)(H,30,31,33). The Labute approximate surface area is 219 Å². The van der Waals surface area contributed by atoms with Crippen LogP contribution in [0.3, 0.4) is 0 Å². The Hall–Kier alpha value is -4.79. The van der Waals surface area contributed by atoms with Crippen molar-refractivity contribution >= 4 is 33.5 Å². The first kappa shape index (κ1) is 27.3. The number of rotatable bonds is 7. The number of carbonyl (C=O) groups excluding carboxylic acids is 1. The lowest BCUT2D eigenvalue weighted by Gasteiger charge is -2.24. The lowest BCUT2D eigenvalue weighted by molar-refractivity contribution is 0.250. The van der Waals surface area contributed by atoms with Crippen LogP contribution in [0.4, 0.5) is 39.8 Å². The van der Waals surface area contributed by atoms with Gasteiger partial charge in [0.2, 0.25) is 5.95 Å². The summed E-state index contributed by atoms with van der Waals surface area (Å²) in [5.41, 5.74) is -0.836. The monoisotopic (exact) mass is 562 g/mol. The fourth-order valence-electron chi connectivity index (χ4n) is 3.46. The first-order chi connectivity index (χ1) is 18.6. The zero-order valence-electron chi connectivity index (χ0n) is 20.1. The number of ether oxygens (including phenoxy) is 1. The van der Waals surface area contributed by atoms with Gasteiger partial charge in [-0.3, -0.25) is 0 Å². The van der Waals surface area contributed by atoms with E-state index in [-0.39, 0.29) is 39.2 Å². The number of methoxy groups -OCH3 is 1. The fraction of sp³-hybridized carbons (Fsp3) is 0.0833. The summed E-state index contributed by atoms with van der Waals surface area (Å²) in [7, 11) is -1.65. The Morgan fingerprint density at radius 2 is 1.62 bits per heavy atom. The number of nitrogens with one attached hydrogen (secondary N) is 2. The van der Waals surface area contributed by atoms with E-state index in [1.54, 1.807) is 0 Å². The Bertz CT molecular complexity index is 1620. The number of hydrogen-bond donors (Lipinski definition) is 2. The van der Waals surface area contributed by atoms with E-state index in [1.165, 1.54) is 38.7 Å². The number of anilines is 3. The maximum atomic E-state index is 15.2. The molecule has 39 heavy (non-hydrogen) atoms. The minimum absolute atomic E-state index is 0.124. The first-order valence-corrected chi connectivity index (χ1v) is 12.3. The molecule has 0 saturated carbocycles. The van der Waals surface area contributed by atoms with E-state index in [0.717, 1.165) is 29.3 Å². The average Bonchev–Trinajstić information content (AvgIpc) is 2.92. The largest absolute Gasteiger partial charge is 0.495 e. The summed E-state index contributed by atoms with van der Waals surface area (Å²) in [6.07, 6.45) is 3.64. The molecule has 10 nitrogen and oxygen atoms in total. The van der Waals surface area contributed by atoms with E-state index in [9.17, 15) is 26.4 Å². The van der Waals surface area contributed by atoms with Crippen molar-refractivity contribution in [1.82, 2.24) is 20.3 Å². The van der Waals surface area contributed by atoms with Gasteiger partial charge >= 0.3 is 6.03 Å². The molecule has 202 valence electrons. The highest BCUT2D eigenvalue weighted by Crippen LogP contribution is 2.39. The summed E-state index contributed by atoms with van der Waals surface area (Å²) < 4.78 is 88.9. The molecule has 0 aliphatic carbocycles. The van der Waals surface area contributed by atoms with Crippen LogP contribution in [0.5, 0.6) is 5.75 Å². The quantitative estimate of drug-likeness (QED) is 0.253. The number of aromatic nitrogens is 3. The zero-order valence-corrected chi connectivity index (χ0v) is 20.9. The summed E-state index contributed by atoms with van der Waals surface area (Å²) >= 11 is 0. The highest BCUT2D eigenvalue weighted by molar-refractivity contribution is 7.92. The molecular formula is C24H18F4N6O4S. The van der Waals surface area contributed by atoms with Gasteiger partial charge in [0.05, 0.1) is 12.8 Å². The predicted octanol–water partition coefficient (Wildman–Crippen LogP) is 4.38. The van der Waals surface area contributed by atoms with Crippen molar-refractivity contribution in [3.05, 3.63) is 84.3 Å². The molecule has 0 aliphatic heterocycles. The van der Waals surface area contributed by atoms with Gasteiger partial charge in [0.25, 0.3) is 10.0 Å². The summed E-state index contributed by atoms with van der Waals surface area (Å²) in [4.78, 5) is 25.0. The molecule has 2 aromatic carbocycles. The van der Waals surface area contributed by atoms with Crippen LogP contribution in [0.15, 0.2) is 66.0 Å². The third kappa shape index (κ3) is 5.57. The highest BCUT2D eigenvalue weighted by atomic mass is 32.2. The molecule has 0 unspecified atom stereocenters. The second-order valence-electron chi connectivity index (χ2n) is 7.68. The molecule has 0 spiro atoms. The third-order valence-corrected chi connectivity index (χ3v) is 6.59. The van der Waals surface area contributed by atoms with Gasteiger partial charge in [0.15, 0.2) is 17.5 Å². The van der Waals surface area contributed by atoms with Crippen LogP contribution in [-0.4, -0.2) is 43.6 Å². The molecule has 15 heteroatoms. The molecule has 0 atom stereocenters. The SMILES string of the molecule is CNC(=O)N(c1ccc(S(=O)(=O)Nc2ncccn2)cn1)c1cc(F)c(-c2cc(F)c(F)c(F)c2)cc1OC. The fourth-order valence-corrected chi connectivity index (χ4v) is 4.36. The van der Waals surface area contributed by atoms with E-state index in [0.29, 0.717) is 12.1 Å². The molecule has 4 rings (SSSR count). The molecule has 4 aromatic rings. The van der Waals surface area contributed by atoms with Gasteiger partial charge in [0.1, 0.15) is 22.3 Å². The van der Waals surface area contributed by atoms with E-state index < -0.39 is 39.3 Å². The first-order valence-electron chi connectivity index (χ1n) is 10.9. The molecule has 0 bridgehead atoms. The normalized spacial score (nSPS) is 11.1. The van der Waals surface area contributed by atoms with Gasteiger partial charge in [-0.2, -0.15) is 0 Å². The lowest BCUT2D eigenvalue weighted by atomic mass is 10.0. The number of pyridine rings is 1. The van der Waals surface area contributed by atoms with E-state index in [2.05, 4.69) is 25.0 Å². The van der Waals surface area contributed by atoms with Crippen molar-refractivity contribution in [2.75, 3.05) is 23.8 Å². The van der Waals surface area contributed by atoms with Crippen molar-refractivity contribution in [3.63, 3.8) is 0 Å². The minimum atomic E-state index is -4.14. The van der Waals surface area contributed by atoms with Gasteiger partial charge in [-0.15, -0.1) is 0 Å². The zero-order chi connectivity index (χ0) is 28.3. The number of carbonyl (C=O) groups is 1. The highest BCUT2D eigenvalue weighted by Gasteiger charge is 2.26. The third-order valence-electron chi connectivity index (χ3n) is 5.27. The van der Waals surface area contributed by atoms with Crippen LogP contribution < -0.4 is 19.7 Å². The molecule has 2 aromatic heterocycles. The second kappa shape index (κ2) is 10.9. The number of halogens is 4. The van der Waals surface area contributed by atoms with Crippen LogP contribution in [-0.2, 0) is 10.0 Å². The van der Waals surface area contributed by atoms with Crippen molar-refractivity contribution in [2.24, 2.45) is 0 Å². The van der Waals surface area contributed by atoms with Crippen LogP contribution >= 0.6 is 0 Å². The summed E-state index contributed by atoms with van der Waals surface area (Å²) in [5.74, 6) is -6.21. The minimum Gasteiger partial charge on any atom is -0.495 e. The summed E-state index contributed by atoms with van der Waals surface area (Å²) in [6.45, 7) is 0. The lowest BCUT2D eigenvalue weighted by Crippen LogP contribution is -2.35. The van der Waals surface area contributed by atoms with Gasteiger partial charge in [-0.1, -0.05) is 0 Å². The number of nitrogens with zero attached hydrogens (tertiary/aromatic N) is 4.